The van der Waals surface area contributed by atoms with Gasteiger partial charge in [-0.25, -0.2) is 13.6 Å². The molecule has 0 aromatic heterocycles. The Morgan fingerprint density at radius 1 is 1.44 bits per heavy atom. The Balaban J connectivity index is 2.56. The second-order valence-corrected chi connectivity index (χ2v) is 4.55. The minimum absolute atomic E-state index is 0.167. The molecule has 0 radical (unpaired) electrons. The molecule has 0 N–H and O–H groups in total. The molecule has 16 heavy (non-hydrogen) atoms. The van der Waals surface area contributed by atoms with Gasteiger partial charge in [0, 0.05) is 10.5 Å². The van der Waals surface area contributed by atoms with E-state index in [0.29, 0.717) is 12.8 Å². The number of nitrogens with zero attached hydrogens (tertiary/aromatic N) is 1. The van der Waals surface area contributed by atoms with Gasteiger partial charge in [0.2, 0.25) is 6.08 Å². The molecule has 2 rings (SSSR count). The maximum absolute atomic E-state index is 13.9. The van der Waals surface area contributed by atoms with E-state index in [-0.39, 0.29) is 10.5 Å². The summed E-state index contributed by atoms with van der Waals surface area (Å²) >= 11 is 1.13. The molecule has 1 aromatic carbocycles. The number of carbonyl (C=O) groups excluding carboxylic acids is 1. The summed E-state index contributed by atoms with van der Waals surface area (Å²) < 4.78 is 27.2. The van der Waals surface area contributed by atoms with Crippen molar-refractivity contribution < 1.29 is 13.6 Å². The number of hydrogen-bond donors (Lipinski definition) is 0. The summed E-state index contributed by atoms with van der Waals surface area (Å²) in [6, 6.07) is 2.26. The summed E-state index contributed by atoms with van der Waals surface area (Å²) in [6.45, 7) is 0. The van der Waals surface area contributed by atoms with E-state index in [0.717, 1.165) is 23.9 Å². The zero-order chi connectivity index (χ0) is 11.8. The number of halogens is 2. The molecule has 0 bridgehead atoms. The molecule has 1 fully saturated rings. The fourth-order valence-corrected chi connectivity index (χ4v) is 2.22. The van der Waals surface area contributed by atoms with Gasteiger partial charge in [0.25, 0.3) is 0 Å². The number of rotatable bonds is 3. The van der Waals surface area contributed by atoms with E-state index in [1.165, 1.54) is 6.08 Å². The first kappa shape index (κ1) is 11.3. The van der Waals surface area contributed by atoms with Gasteiger partial charge in [-0.2, -0.15) is 4.99 Å². The van der Waals surface area contributed by atoms with Crippen molar-refractivity contribution in [2.45, 2.75) is 23.3 Å². The molecule has 0 aliphatic heterocycles. The Hall–Kier alpha value is -1.19. The second-order valence-electron chi connectivity index (χ2n) is 3.70. The molecule has 2 nitrogen and oxygen atoms in total. The van der Waals surface area contributed by atoms with E-state index in [1.54, 1.807) is 6.26 Å². The summed E-state index contributed by atoms with van der Waals surface area (Å²) in [5.74, 6) is -0.987. The van der Waals surface area contributed by atoms with E-state index in [1.807, 2.05) is 0 Å². The molecular formula is C11H9F2NOS. The molecule has 0 saturated heterocycles. The molecule has 0 amide bonds. The first-order valence-corrected chi connectivity index (χ1v) is 5.98. The highest BCUT2D eigenvalue weighted by atomic mass is 32.2. The molecule has 0 atom stereocenters. The lowest BCUT2D eigenvalue weighted by Gasteiger charge is -2.12. The number of isocyanates is 1. The third-order valence-corrected chi connectivity index (χ3v) is 3.45. The average Bonchev–Trinajstić information content (AvgIpc) is 3.02. The van der Waals surface area contributed by atoms with Crippen molar-refractivity contribution >= 4 is 17.8 Å². The highest BCUT2D eigenvalue weighted by molar-refractivity contribution is 7.98. The Labute approximate surface area is 95.8 Å². The average molecular weight is 241 g/mol. The van der Waals surface area contributed by atoms with Crippen molar-refractivity contribution in [2.75, 3.05) is 6.26 Å². The predicted octanol–water partition coefficient (Wildman–Crippen LogP) is 3.01. The lowest BCUT2D eigenvalue weighted by molar-refractivity contribution is 0.528. The summed E-state index contributed by atoms with van der Waals surface area (Å²) in [6.07, 6.45) is 4.23. The standard InChI is InChI=1S/C11H9F2NOS/c1-16-9-5-7(12)4-8(10(9)13)11(2-3-11)14-6-15/h4-5H,2-3H2,1H3. The van der Waals surface area contributed by atoms with Gasteiger partial charge in [-0.15, -0.1) is 11.8 Å². The number of aliphatic imine (C=N–C) groups is 1. The zero-order valence-corrected chi connectivity index (χ0v) is 9.41. The maximum Gasteiger partial charge on any atom is 0.235 e. The molecule has 1 aliphatic rings. The molecule has 1 saturated carbocycles. The topological polar surface area (TPSA) is 29.4 Å². The van der Waals surface area contributed by atoms with Crippen LogP contribution in [0.3, 0.4) is 0 Å². The minimum atomic E-state index is -0.863. The first-order chi connectivity index (χ1) is 7.63. The van der Waals surface area contributed by atoms with Crippen molar-refractivity contribution in [2.24, 2.45) is 4.99 Å². The van der Waals surface area contributed by atoms with E-state index in [9.17, 15) is 13.6 Å². The van der Waals surface area contributed by atoms with Gasteiger partial charge >= 0.3 is 0 Å². The minimum Gasteiger partial charge on any atom is -0.211 e. The number of hydrogen-bond acceptors (Lipinski definition) is 3. The Morgan fingerprint density at radius 3 is 2.62 bits per heavy atom. The van der Waals surface area contributed by atoms with E-state index in [2.05, 4.69) is 4.99 Å². The molecule has 1 aromatic rings. The van der Waals surface area contributed by atoms with Crippen molar-refractivity contribution in [3.8, 4) is 0 Å². The van der Waals surface area contributed by atoms with Crippen LogP contribution in [-0.4, -0.2) is 12.3 Å². The summed E-state index contributed by atoms with van der Waals surface area (Å²) in [7, 11) is 0. The molecule has 0 heterocycles. The Bertz CT molecular complexity index is 479. The Kier molecular flexibility index (Phi) is 2.82. The van der Waals surface area contributed by atoms with Crippen molar-refractivity contribution in [3.63, 3.8) is 0 Å². The van der Waals surface area contributed by atoms with Crippen molar-refractivity contribution in [3.05, 3.63) is 29.3 Å². The van der Waals surface area contributed by atoms with Gasteiger partial charge in [0.15, 0.2) is 0 Å². The highest BCUT2D eigenvalue weighted by Gasteiger charge is 2.47. The number of benzene rings is 1. The third-order valence-electron chi connectivity index (χ3n) is 2.71. The van der Waals surface area contributed by atoms with Crippen molar-refractivity contribution in [1.29, 1.82) is 0 Å². The monoisotopic (exact) mass is 241 g/mol. The van der Waals surface area contributed by atoms with Crippen LogP contribution in [0, 0.1) is 11.6 Å². The quantitative estimate of drug-likeness (QED) is 0.462. The lowest BCUT2D eigenvalue weighted by Crippen LogP contribution is -2.07. The Morgan fingerprint density at radius 2 is 2.12 bits per heavy atom. The number of thioether (sulfide) groups is 1. The first-order valence-electron chi connectivity index (χ1n) is 4.75. The van der Waals surface area contributed by atoms with Crippen LogP contribution in [0.25, 0.3) is 0 Å². The smallest absolute Gasteiger partial charge is 0.211 e. The SMILES string of the molecule is CSc1cc(F)cc(C2(N=C=O)CC2)c1F. The molecule has 84 valence electrons. The van der Waals surface area contributed by atoms with Crippen LogP contribution in [0.1, 0.15) is 18.4 Å². The zero-order valence-electron chi connectivity index (χ0n) is 8.59. The van der Waals surface area contributed by atoms with Crippen LogP contribution >= 0.6 is 11.8 Å². The predicted molar refractivity (Wildman–Crippen MR) is 57.2 cm³/mol. The molecule has 1 aliphatic carbocycles. The van der Waals surface area contributed by atoms with Crippen LogP contribution in [0.4, 0.5) is 8.78 Å². The fraction of sp³-hybridized carbons (Fsp3) is 0.364. The van der Waals surface area contributed by atoms with E-state index in [4.69, 9.17) is 0 Å². The van der Waals surface area contributed by atoms with Gasteiger partial charge in [0.05, 0.1) is 0 Å². The normalized spacial score (nSPS) is 16.7. The summed E-state index contributed by atoms with van der Waals surface area (Å²) in [4.78, 5) is 14.1. The van der Waals surface area contributed by atoms with Crippen LogP contribution in [0.2, 0.25) is 0 Å². The van der Waals surface area contributed by atoms with Gasteiger partial charge in [0.1, 0.15) is 17.2 Å². The van der Waals surface area contributed by atoms with E-state index >= 15 is 0 Å². The molecular weight excluding hydrogens is 232 g/mol. The second kappa shape index (κ2) is 4.00. The fourth-order valence-electron chi connectivity index (χ4n) is 1.70. The van der Waals surface area contributed by atoms with Crippen LogP contribution in [0.15, 0.2) is 22.0 Å². The maximum atomic E-state index is 13.9. The largest absolute Gasteiger partial charge is 0.235 e. The van der Waals surface area contributed by atoms with Crippen LogP contribution < -0.4 is 0 Å². The molecule has 5 heteroatoms. The third kappa shape index (κ3) is 1.77. The summed E-state index contributed by atoms with van der Waals surface area (Å²) in [5, 5.41) is 0. The van der Waals surface area contributed by atoms with E-state index < -0.39 is 17.2 Å². The van der Waals surface area contributed by atoms with Gasteiger partial charge in [-0.1, -0.05) is 0 Å². The highest BCUT2D eigenvalue weighted by Crippen LogP contribution is 2.51. The van der Waals surface area contributed by atoms with Gasteiger partial charge in [-0.05, 0) is 31.2 Å². The van der Waals surface area contributed by atoms with Crippen LogP contribution in [-0.2, 0) is 10.3 Å². The van der Waals surface area contributed by atoms with Gasteiger partial charge < -0.3 is 0 Å². The lowest BCUT2D eigenvalue weighted by atomic mass is 10.0. The van der Waals surface area contributed by atoms with Crippen molar-refractivity contribution in [1.82, 2.24) is 0 Å². The van der Waals surface area contributed by atoms with Gasteiger partial charge in [-0.3, -0.25) is 0 Å². The van der Waals surface area contributed by atoms with Crippen LogP contribution in [0.5, 0.6) is 0 Å². The molecule has 0 unspecified atom stereocenters. The molecule has 0 spiro atoms. The summed E-state index contributed by atoms with van der Waals surface area (Å²) in [5.41, 5.74) is -0.696.